The Hall–Kier alpha value is -2.13. The standard InChI is InChI=1S/C32H43NO2/c1-22-29-20-27(32(29,2)3)21-30(22)33(19-7-10-23-8-5-4-6-9-23)28-17-15-25(16-18-28)24-11-13-26(14-12-24)31(34)35/h4-6,8-9,11-14,22,25,27-30H,7,10,15-21H2,1-3H3,(H,34,35)/t22-,25?,27+,28?,29+,30+/m1/s1. The molecule has 1 N–H and O–H groups in total. The minimum absolute atomic E-state index is 0.389. The molecule has 6 rings (SSSR count). The summed E-state index contributed by atoms with van der Waals surface area (Å²) >= 11 is 0. The van der Waals surface area contributed by atoms with E-state index in [1.807, 2.05) is 12.1 Å². The molecule has 2 bridgehead atoms. The summed E-state index contributed by atoms with van der Waals surface area (Å²) in [6.45, 7) is 8.79. The Morgan fingerprint density at radius 3 is 2.26 bits per heavy atom. The maximum Gasteiger partial charge on any atom is 0.335 e. The molecule has 0 spiro atoms. The van der Waals surface area contributed by atoms with Crippen LogP contribution in [-0.4, -0.2) is 34.6 Å². The number of rotatable bonds is 8. The Kier molecular flexibility index (Phi) is 7.08. The summed E-state index contributed by atoms with van der Waals surface area (Å²) in [4.78, 5) is 14.2. The van der Waals surface area contributed by atoms with E-state index >= 15 is 0 Å². The summed E-state index contributed by atoms with van der Waals surface area (Å²) in [7, 11) is 0. The lowest BCUT2D eigenvalue weighted by Gasteiger charge is -2.64. The number of benzene rings is 2. The summed E-state index contributed by atoms with van der Waals surface area (Å²) in [6.07, 6.45) is 10.2. The van der Waals surface area contributed by atoms with Gasteiger partial charge in [-0.2, -0.15) is 0 Å². The number of carboxylic acid groups (broad SMARTS) is 1. The molecule has 0 amide bonds. The van der Waals surface area contributed by atoms with E-state index in [1.165, 1.54) is 69.0 Å². The SMILES string of the molecule is C[C@H]1[C@@H](N(CCCc2ccccc2)C2CCC(c3ccc(C(=O)O)cc3)CC2)C[C@@H]2C[C@@H]1C2(C)C. The van der Waals surface area contributed by atoms with E-state index in [4.69, 9.17) is 0 Å². The van der Waals surface area contributed by atoms with Crippen LogP contribution in [0.15, 0.2) is 54.6 Å². The summed E-state index contributed by atoms with van der Waals surface area (Å²) < 4.78 is 0. The van der Waals surface area contributed by atoms with Gasteiger partial charge in [-0.05, 0) is 110 Å². The second-order valence-electron chi connectivity index (χ2n) is 12.3. The van der Waals surface area contributed by atoms with Gasteiger partial charge in [-0.25, -0.2) is 4.79 Å². The third kappa shape index (κ3) is 4.94. The maximum absolute atomic E-state index is 11.2. The average molecular weight is 474 g/mol. The van der Waals surface area contributed by atoms with Crippen molar-refractivity contribution in [3.8, 4) is 0 Å². The van der Waals surface area contributed by atoms with Crippen LogP contribution in [0.2, 0.25) is 0 Å². The van der Waals surface area contributed by atoms with Gasteiger partial charge in [-0.1, -0.05) is 63.2 Å². The molecule has 188 valence electrons. The monoisotopic (exact) mass is 473 g/mol. The maximum atomic E-state index is 11.2. The highest BCUT2D eigenvalue weighted by atomic mass is 16.4. The van der Waals surface area contributed by atoms with E-state index in [0.717, 1.165) is 23.8 Å². The summed E-state index contributed by atoms with van der Waals surface area (Å²) in [5, 5.41) is 9.22. The summed E-state index contributed by atoms with van der Waals surface area (Å²) in [5.41, 5.74) is 3.70. The normalized spacial score (nSPS) is 31.7. The molecule has 0 unspecified atom stereocenters. The fourth-order valence-corrected chi connectivity index (χ4v) is 7.93. The largest absolute Gasteiger partial charge is 0.478 e. The molecular formula is C32H43NO2. The van der Waals surface area contributed by atoms with Gasteiger partial charge in [-0.3, -0.25) is 4.90 Å². The van der Waals surface area contributed by atoms with Crippen molar-refractivity contribution in [1.29, 1.82) is 0 Å². The molecule has 0 aliphatic heterocycles. The molecule has 0 aromatic heterocycles. The van der Waals surface area contributed by atoms with Gasteiger partial charge >= 0.3 is 5.97 Å². The predicted molar refractivity (Wildman–Crippen MR) is 143 cm³/mol. The fourth-order valence-electron chi connectivity index (χ4n) is 7.93. The third-order valence-corrected chi connectivity index (χ3v) is 10.3. The number of carbonyl (C=O) groups is 1. The van der Waals surface area contributed by atoms with Crippen LogP contribution in [-0.2, 0) is 6.42 Å². The highest BCUT2D eigenvalue weighted by Gasteiger charge is 2.57. The Morgan fingerprint density at radius 2 is 1.66 bits per heavy atom. The first-order valence-corrected chi connectivity index (χ1v) is 14.0. The Balaban J connectivity index is 1.25. The summed E-state index contributed by atoms with van der Waals surface area (Å²) in [6, 6.07) is 20.0. The summed E-state index contributed by atoms with van der Waals surface area (Å²) in [5.74, 6) is 2.29. The van der Waals surface area contributed by atoms with Gasteiger partial charge < -0.3 is 5.11 Å². The lowest BCUT2D eigenvalue weighted by atomic mass is 9.44. The molecule has 35 heavy (non-hydrogen) atoms. The van der Waals surface area contributed by atoms with Gasteiger partial charge in [0.2, 0.25) is 0 Å². The van der Waals surface area contributed by atoms with Crippen molar-refractivity contribution in [2.24, 2.45) is 23.2 Å². The van der Waals surface area contributed by atoms with Crippen LogP contribution in [0.5, 0.6) is 0 Å². The second kappa shape index (κ2) is 10.1. The van der Waals surface area contributed by atoms with Crippen LogP contribution in [0, 0.1) is 23.2 Å². The first-order valence-electron chi connectivity index (χ1n) is 14.0. The predicted octanol–water partition coefficient (Wildman–Crippen LogP) is 7.42. The zero-order valence-electron chi connectivity index (χ0n) is 21.8. The van der Waals surface area contributed by atoms with Crippen LogP contribution in [0.1, 0.15) is 93.1 Å². The zero-order valence-corrected chi connectivity index (χ0v) is 21.8. The van der Waals surface area contributed by atoms with Crippen LogP contribution in [0.4, 0.5) is 0 Å². The van der Waals surface area contributed by atoms with Crippen molar-refractivity contribution in [1.82, 2.24) is 4.90 Å². The van der Waals surface area contributed by atoms with Crippen LogP contribution in [0.25, 0.3) is 0 Å². The molecule has 0 saturated heterocycles. The van der Waals surface area contributed by atoms with Gasteiger partial charge in [0.15, 0.2) is 0 Å². The smallest absolute Gasteiger partial charge is 0.335 e. The van der Waals surface area contributed by atoms with E-state index in [-0.39, 0.29) is 0 Å². The molecule has 0 heterocycles. The number of hydrogen-bond donors (Lipinski definition) is 1. The van der Waals surface area contributed by atoms with Crippen LogP contribution in [0.3, 0.4) is 0 Å². The van der Waals surface area contributed by atoms with Gasteiger partial charge in [0.1, 0.15) is 0 Å². The Bertz CT molecular complexity index is 990. The van der Waals surface area contributed by atoms with Crippen molar-refractivity contribution >= 4 is 5.97 Å². The minimum Gasteiger partial charge on any atom is -0.478 e. The van der Waals surface area contributed by atoms with E-state index in [0.29, 0.717) is 22.9 Å². The van der Waals surface area contributed by atoms with Gasteiger partial charge in [0, 0.05) is 12.1 Å². The lowest BCUT2D eigenvalue weighted by molar-refractivity contribution is -0.146. The number of aromatic carboxylic acids is 1. The number of nitrogens with zero attached hydrogens (tertiary/aromatic N) is 1. The van der Waals surface area contributed by atoms with Crippen molar-refractivity contribution < 1.29 is 9.90 Å². The molecule has 4 saturated carbocycles. The van der Waals surface area contributed by atoms with Crippen molar-refractivity contribution in [3.05, 3.63) is 71.3 Å². The quantitative estimate of drug-likeness (QED) is 0.434. The fraction of sp³-hybridized carbons (Fsp3) is 0.594. The highest BCUT2D eigenvalue weighted by molar-refractivity contribution is 5.87. The number of aryl methyl sites for hydroxylation is 1. The van der Waals surface area contributed by atoms with Crippen LogP contribution < -0.4 is 0 Å². The molecule has 4 aliphatic carbocycles. The van der Waals surface area contributed by atoms with Crippen LogP contribution >= 0.6 is 0 Å². The lowest BCUT2D eigenvalue weighted by Crippen LogP contribution is -2.62. The molecular weight excluding hydrogens is 430 g/mol. The van der Waals surface area contributed by atoms with Gasteiger partial charge in [0.25, 0.3) is 0 Å². The molecule has 3 heteroatoms. The molecule has 2 aromatic rings. The Morgan fingerprint density at radius 1 is 0.971 bits per heavy atom. The highest BCUT2D eigenvalue weighted by Crippen LogP contribution is 2.62. The average Bonchev–Trinajstić information content (AvgIpc) is 2.87. The van der Waals surface area contributed by atoms with Crippen molar-refractivity contribution in [3.63, 3.8) is 0 Å². The number of fused-ring (bicyclic) bond motifs is 2. The second-order valence-corrected chi connectivity index (χ2v) is 12.3. The van der Waals surface area contributed by atoms with Crippen molar-refractivity contribution in [2.45, 2.75) is 90.1 Å². The molecule has 4 aliphatic rings. The van der Waals surface area contributed by atoms with Crippen molar-refractivity contribution in [2.75, 3.05) is 6.54 Å². The van der Waals surface area contributed by atoms with E-state index < -0.39 is 5.97 Å². The molecule has 4 atom stereocenters. The third-order valence-electron chi connectivity index (χ3n) is 10.3. The van der Waals surface area contributed by atoms with E-state index in [2.05, 4.69) is 56.0 Å². The molecule has 3 nitrogen and oxygen atoms in total. The van der Waals surface area contributed by atoms with E-state index in [1.54, 1.807) is 12.1 Å². The van der Waals surface area contributed by atoms with Gasteiger partial charge in [0.05, 0.1) is 5.56 Å². The first kappa shape index (κ1) is 24.6. The van der Waals surface area contributed by atoms with Gasteiger partial charge in [-0.15, -0.1) is 0 Å². The number of hydrogen-bond acceptors (Lipinski definition) is 2. The van der Waals surface area contributed by atoms with E-state index in [9.17, 15) is 9.90 Å². The zero-order chi connectivity index (χ0) is 24.6. The first-order chi connectivity index (χ1) is 16.8. The topological polar surface area (TPSA) is 40.5 Å². The molecule has 2 aromatic carbocycles. The molecule has 0 radical (unpaired) electrons. The number of carboxylic acids is 1. The Labute approximate surface area is 211 Å². The minimum atomic E-state index is -0.839. The molecule has 4 fully saturated rings.